The fraction of sp³-hybridized carbons (Fsp3) is 0.143. The van der Waals surface area contributed by atoms with E-state index in [2.05, 4.69) is 28.7 Å². The molecule has 0 fully saturated rings. The Kier molecular flexibility index (Phi) is 2.73. The van der Waals surface area contributed by atoms with Crippen LogP contribution in [0.15, 0.2) is 18.2 Å². The van der Waals surface area contributed by atoms with Gasteiger partial charge in [0.1, 0.15) is 5.75 Å². The van der Waals surface area contributed by atoms with Crippen LogP contribution in [0.25, 0.3) is 0 Å². The van der Waals surface area contributed by atoms with Gasteiger partial charge in [-0.2, -0.15) is 0 Å². The molecule has 10 heavy (non-hydrogen) atoms. The first-order valence-electron chi connectivity index (χ1n) is 3.21. The monoisotopic (exact) mass is 264 g/mol. The number of phenolic OH excluding ortho intramolecular Hbond substituents is 1. The Morgan fingerprint density at radius 2 is 2.10 bits per heavy atom. The molecule has 0 aromatic heterocycles. The molecule has 0 aliphatic carbocycles. The molecule has 0 heterocycles. The molecule has 0 saturated carbocycles. The molecule has 0 radical (unpaired) electrons. The molecule has 1 rings (SSSR count). The molecule has 0 bridgehead atoms. The molecule has 1 aromatic carbocycles. The maximum Gasteiger partial charge on any atom is 0.116 e. The Labute approximate surface area is 77.0 Å². The van der Waals surface area contributed by atoms with E-state index in [0.717, 1.165) is 19.9 Å². The predicted molar refractivity (Wildman–Crippen MR) is 54.5 cm³/mol. The summed E-state index contributed by atoms with van der Waals surface area (Å²) in [5, 5.41) is 9.14. The third-order valence-electron chi connectivity index (χ3n) is 1.35. The van der Waals surface area contributed by atoms with Crippen molar-refractivity contribution in [3.05, 3.63) is 27.3 Å². The summed E-state index contributed by atoms with van der Waals surface area (Å²) in [6, 6.07) is 6.81. The van der Waals surface area contributed by atoms with Gasteiger partial charge < -0.3 is 5.11 Å². The molecule has 3 heteroatoms. The van der Waals surface area contributed by atoms with Crippen LogP contribution in [0.1, 0.15) is 5.56 Å². The smallest absolute Gasteiger partial charge is 0.116 e. The standard InChI is InChI=1S/C7H9IOSi/c8-6-1-5(4-10)2-7(9)3-6/h1-3,9H,4H2,10H3. The van der Waals surface area contributed by atoms with E-state index in [1.165, 1.54) is 5.56 Å². The Bertz CT molecular complexity index is 217. The first-order chi connectivity index (χ1) is 4.72. The van der Waals surface area contributed by atoms with Crippen molar-refractivity contribution in [2.75, 3.05) is 0 Å². The fourth-order valence-electron chi connectivity index (χ4n) is 0.837. The first-order valence-corrected chi connectivity index (χ1v) is 5.70. The van der Waals surface area contributed by atoms with Crippen LogP contribution in [0.5, 0.6) is 5.75 Å². The molecular weight excluding hydrogens is 255 g/mol. The van der Waals surface area contributed by atoms with Crippen LogP contribution in [0.3, 0.4) is 0 Å². The summed E-state index contributed by atoms with van der Waals surface area (Å²) in [6.45, 7) is 0. The lowest BCUT2D eigenvalue weighted by molar-refractivity contribution is 0.474. The molecule has 0 atom stereocenters. The minimum absolute atomic E-state index is 0.387. The van der Waals surface area contributed by atoms with Gasteiger partial charge in [-0.1, -0.05) is 0 Å². The molecule has 0 saturated heterocycles. The zero-order valence-electron chi connectivity index (χ0n) is 5.76. The summed E-state index contributed by atoms with van der Waals surface area (Å²) < 4.78 is 1.11. The summed E-state index contributed by atoms with van der Waals surface area (Å²) >= 11 is 2.21. The minimum Gasteiger partial charge on any atom is -0.508 e. The van der Waals surface area contributed by atoms with E-state index in [4.69, 9.17) is 5.11 Å². The zero-order chi connectivity index (χ0) is 7.56. The van der Waals surface area contributed by atoms with Crippen LogP contribution in [-0.2, 0) is 6.04 Å². The largest absolute Gasteiger partial charge is 0.508 e. The Morgan fingerprint density at radius 3 is 2.60 bits per heavy atom. The van der Waals surface area contributed by atoms with Crippen LogP contribution >= 0.6 is 22.6 Å². The predicted octanol–water partition coefficient (Wildman–Crippen LogP) is 0.862. The van der Waals surface area contributed by atoms with Crippen LogP contribution in [0.2, 0.25) is 0 Å². The second-order valence-corrected chi connectivity index (χ2v) is 4.12. The average molecular weight is 264 g/mol. The molecule has 0 amide bonds. The van der Waals surface area contributed by atoms with Gasteiger partial charge in [0.05, 0.1) is 0 Å². The lowest BCUT2D eigenvalue weighted by atomic mass is 10.2. The van der Waals surface area contributed by atoms with E-state index in [1.807, 2.05) is 6.07 Å². The first kappa shape index (κ1) is 8.07. The summed E-state index contributed by atoms with van der Waals surface area (Å²) in [7, 11) is 1.16. The summed E-state index contributed by atoms with van der Waals surface area (Å²) in [6.07, 6.45) is 0. The number of benzene rings is 1. The van der Waals surface area contributed by atoms with Gasteiger partial charge in [-0.15, -0.1) is 0 Å². The van der Waals surface area contributed by atoms with E-state index in [-0.39, 0.29) is 0 Å². The van der Waals surface area contributed by atoms with E-state index >= 15 is 0 Å². The lowest BCUT2D eigenvalue weighted by Gasteiger charge is -1.98. The fourth-order valence-corrected chi connectivity index (χ4v) is 1.96. The van der Waals surface area contributed by atoms with Gasteiger partial charge in [-0.3, -0.25) is 0 Å². The van der Waals surface area contributed by atoms with E-state index in [9.17, 15) is 0 Å². The van der Waals surface area contributed by atoms with Crippen molar-refractivity contribution in [2.45, 2.75) is 6.04 Å². The molecule has 0 spiro atoms. The maximum absolute atomic E-state index is 9.14. The van der Waals surface area contributed by atoms with Gasteiger partial charge in [0.25, 0.3) is 0 Å². The molecule has 54 valence electrons. The SMILES string of the molecule is Oc1cc(I)cc(C[SiH3])c1. The second-order valence-electron chi connectivity index (χ2n) is 2.17. The van der Waals surface area contributed by atoms with Crippen molar-refractivity contribution in [1.82, 2.24) is 0 Å². The van der Waals surface area contributed by atoms with Crippen molar-refractivity contribution in [3.63, 3.8) is 0 Å². The molecule has 1 aromatic rings. The summed E-state index contributed by atoms with van der Waals surface area (Å²) in [5.41, 5.74) is 1.25. The third kappa shape index (κ3) is 1.98. The van der Waals surface area contributed by atoms with Gasteiger partial charge in [0.15, 0.2) is 0 Å². The van der Waals surface area contributed by atoms with Gasteiger partial charge in [-0.05, 0) is 52.4 Å². The number of halogens is 1. The summed E-state index contributed by atoms with van der Waals surface area (Å²) in [5.74, 6) is 0.387. The van der Waals surface area contributed by atoms with Gasteiger partial charge >= 0.3 is 0 Å². The van der Waals surface area contributed by atoms with Crippen LogP contribution in [0.4, 0.5) is 0 Å². The highest BCUT2D eigenvalue weighted by Crippen LogP contribution is 2.16. The Morgan fingerprint density at radius 1 is 1.40 bits per heavy atom. The molecule has 0 aliphatic rings. The lowest BCUT2D eigenvalue weighted by Crippen LogP contribution is -1.83. The van der Waals surface area contributed by atoms with Crippen molar-refractivity contribution in [2.24, 2.45) is 0 Å². The molecule has 1 nitrogen and oxygen atoms in total. The highest BCUT2D eigenvalue weighted by molar-refractivity contribution is 14.1. The topological polar surface area (TPSA) is 20.2 Å². The number of phenols is 1. The van der Waals surface area contributed by atoms with Crippen LogP contribution in [0, 0.1) is 3.57 Å². The second kappa shape index (κ2) is 3.38. The number of hydrogen-bond donors (Lipinski definition) is 1. The normalized spacial score (nSPS) is 10.1. The Hall–Kier alpha value is -0.0331. The van der Waals surface area contributed by atoms with Crippen molar-refractivity contribution in [1.29, 1.82) is 0 Å². The summed E-state index contributed by atoms with van der Waals surface area (Å²) in [4.78, 5) is 0. The molecular formula is C7H9IOSi. The van der Waals surface area contributed by atoms with Crippen molar-refractivity contribution in [3.8, 4) is 5.75 Å². The molecule has 1 N–H and O–H groups in total. The molecule has 0 unspecified atom stereocenters. The van der Waals surface area contributed by atoms with Gasteiger partial charge in [0.2, 0.25) is 0 Å². The highest BCUT2D eigenvalue weighted by atomic mass is 127. The number of aromatic hydroxyl groups is 1. The van der Waals surface area contributed by atoms with Crippen LogP contribution in [-0.4, -0.2) is 15.3 Å². The quantitative estimate of drug-likeness (QED) is 0.589. The van der Waals surface area contributed by atoms with Crippen molar-refractivity contribution < 1.29 is 5.11 Å². The number of rotatable bonds is 1. The van der Waals surface area contributed by atoms with E-state index < -0.39 is 0 Å². The van der Waals surface area contributed by atoms with Crippen LogP contribution < -0.4 is 0 Å². The Balaban J connectivity index is 3.06. The third-order valence-corrected chi connectivity index (χ3v) is 2.79. The van der Waals surface area contributed by atoms with E-state index in [1.54, 1.807) is 6.07 Å². The van der Waals surface area contributed by atoms with Crippen molar-refractivity contribution >= 4 is 32.8 Å². The number of hydrogen-bond acceptors (Lipinski definition) is 1. The highest BCUT2D eigenvalue weighted by Gasteiger charge is 1.94. The maximum atomic E-state index is 9.14. The minimum atomic E-state index is 0.387. The molecule has 0 aliphatic heterocycles. The zero-order valence-corrected chi connectivity index (χ0v) is 9.92. The average Bonchev–Trinajstić information content (AvgIpc) is 1.85. The van der Waals surface area contributed by atoms with E-state index in [0.29, 0.717) is 5.75 Å². The van der Waals surface area contributed by atoms with Gasteiger partial charge in [-0.25, -0.2) is 0 Å². The van der Waals surface area contributed by atoms with Gasteiger partial charge in [0, 0.05) is 13.8 Å².